The first-order valence-electron chi connectivity index (χ1n) is 10.3. The van der Waals surface area contributed by atoms with Gasteiger partial charge in [0.1, 0.15) is 18.2 Å². The molecule has 10 nitrogen and oxygen atoms in total. The molecule has 4 rings (SSSR count). The molecule has 2 aromatic rings. The highest BCUT2D eigenvalue weighted by Crippen LogP contribution is 2.31. The van der Waals surface area contributed by atoms with Crippen LogP contribution in [-0.4, -0.2) is 58.4 Å². The van der Waals surface area contributed by atoms with Gasteiger partial charge < -0.3 is 19.1 Å². The third-order valence-electron chi connectivity index (χ3n) is 5.16. The lowest BCUT2D eigenvalue weighted by Crippen LogP contribution is -2.41. The quantitative estimate of drug-likeness (QED) is 0.655. The van der Waals surface area contributed by atoms with Gasteiger partial charge in [-0.25, -0.2) is 14.8 Å². The van der Waals surface area contributed by atoms with E-state index in [1.165, 1.54) is 13.4 Å². The van der Waals surface area contributed by atoms with Gasteiger partial charge in [-0.1, -0.05) is 12.1 Å². The average Bonchev–Trinajstić information content (AvgIpc) is 3.13. The minimum Gasteiger partial charge on any atom is -0.474 e. The lowest BCUT2D eigenvalue weighted by Gasteiger charge is -2.31. The molecule has 1 N–H and O–H groups in total. The SMILES string of the molecule is COC(=O)N1CCC(Oc2ncnc(Oc3cccc(/C=C4/SC(=O)NC4=O)c3)c2C)CC1. The number of benzene rings is 1. The number of piperidine rings is 1. The van der Waals surface area contributed by atoms with Crippen LogP contribution >= 0.6 is 11.8 Å². The van der Waals surface area contributed by atoms with Gasteiger partial charge in [0.05, 0.1) is 17.6 Å². The van der Waals surface area contributed by atoms with Crippen molar-refractivity contribution >= 4 is 35.1 Å². The molecule has 33 heavy (non-hydrogen) atoms. The second kappa shape index (κ2) is 9.90. The minimum atomic E-state index is -0.415. The number of likely N-dealkylation sites (tertiary alicyclic amines) is 1. The maximum Gasteiger partial charge on any atom is 0.409 e. The fraction of sp³-hybridized carbons (Fsp3) is 0.318. The van der Waals surface area contributed by atoms with Crippen LogP contribution in [0.5, 0.6) is 17.5 Å². The second-order valence-corrected chi connectivity index (χ2v) is 8.42. The predicted molar refractivity (Wildman–Crippen MR) is 120 cm³/mol. The van der Waals surface area contributed by atoms with E-state index in [1.807, 2.05) is 6.92 Å². The molecule has 0 spiro atoms. The van der Waals surface area contributed by atoms with Crippen LogP contribution in [0.25, 0.3) is 6.08 Å². The molecule has 2 fully saturated rings. The standard InChI is InChI=1S/C22H22N4O6S/c1-13-19(31-15-6-8-26(9-7-15)22(29)30-2)23-12-24-20(13)32-16-5-3-4-14(10-16)11-17-18(27)25-21(28)33-17/h3-5,10-12,15H,6-9H2,1-2H3,(H,25,27,28)/b17-11+. The summed E-state index contributed by atoms with van der Waals surface area (Å²) >= 11 is 0.857. The first kappa shape index (κ1) is 22.6. The van der Waals surface area contributed by atoms with E-state index < -0.39 is 11.1 Å². The molecule has 11 heteroatoms. The number of rotatable bonds is 5. The van der Waals surface area contributed by atoms with Crippen molar-refractivity contribution in [3.63, 3.8) is 0 Å². The van der Waals surface area contributed by atoms with E-state index in [-0.39, 0.29) is 12.2 Å². The number of thioether (sulfide) groups is 1. The number of nitrogens with zero attached hydrogens (tertiary/aromatic N) is 3. The second-order valence-electron chi connectivity index (χ2n) is 7.41. The molecular weight excluding hydrogens is 448 g/mol. The number of ether oxygens (including phenoxy) is 3. The molecule has 0 radical (unpaired) electrons. The van der Waals surface area contributed by atoms with Gasteiger partial charge >= 0.3 is 6.09 Å². The number of carbonyl (C=O) groups is 3. The van der Waals surface area contributed by atoms with Gasteiger partial charge in [0, 0.05) is 25.9 Å². The molecule has 0 unspecified atom stereocenters. The molecule has 3 heterocycles. The highest BCUT2D eigenvalue weighted by Gasteiger charge is 2.26. The Hall–Kier alpha value is -3.60. The maximum atomic E-state index is 11.8. The lowest BCUT2D eigenvalue weighted by atomic mass is 10.1. The van der Waals surface area contributed by atoms with E-state index in [0.29, 0.717) is 59.5 Å². The number of amides is 3. The molecule has 0 bridgehead atoms. The van der Waals surface area contributed by atoms with E-state index in [9.17, 15) is 14.4 Å². The van der Waals surface area contributed by atoms with Crippen LogP contribution in [-0.2, 0) is 9.53 Å². The van der Waals surface area contributed by atoms with Gasteiger partial charge in [-0.15, -0.1) is 0 Å². The van der Waals surface area contributed by atoms with E-state index in [1.54, 1.807) is 35.2 Å². The molecule has 0 aliphatic carbocycles. The molecule has 2 saturated heterocycles. The third kappa shape index (κ3) is 5.43. The molecule has 1 aromatic heterocycles. The predicted octanol–water partition coefficient (Wildman–Crippen LogP) is 3.51. The molecule has 0 saturated carbocycles. The van der Waals surface area contributed by atoms with Crippen molar-refractivity contribution in [1.82, 2.24) is 20.2 Å². The first-order chi connectivity index (χ1) is 15.9. The molecular formula is C22H22N4O6S. The molecule has 0 atom stereocenters. The Morgan fingerprint density at radius 3 is 2.67 bits per heavy atom. The number of imide groups is 1. The van der Waals surface area contributed by atoms with Crippen molar-refractivity contribution in [1.29, 1.82) is 0 Å². The molecule has 1 aromatic carbocycles. The van der Waals surface area contributed by atoms with Crippen LogP contribution in [0.4, 0.5) is 9.59 Å². The first-order valence-corrected chi connectivity index (χ1v) is 11.1. The Morgan fingerprint density at radius 1 is 1.21 bits per heavy atom. The highest BCUT2D eigenvalue weighted by molar-refractivity contribution is 8.18. The summed E-state index contributed by atoms with van der Waals surface area (Å²) in [6.45, 7) is 2.91. The third-order valence-corrected chi connectivity index (χ3v) is 5.97. The summed E-state index contributed by atoms with van der Waals surface area (Å²) < 4.78 is 16.8. The van der Waals surface area contributed by atoms with Crippen LogP contribution in [0, 0.1) is 6.92 Å². The van der Waals surface area contributed by atoms with E-state index in [2.05, 4.69) is 15.3 Å². The van der Waals surface area contributed by atoms with Crippen LogP contribution in [0.15, 0.2) is 35.5 Å². The zero-order valence-electron chi connectivity index (χ0n) is 18.1. The number of nitrogens with one attached hydrogen (secondary N) is 1. The fourth-order valence-corrected chi connectivity index (χ4v) is 4.12. The number of carbonyl (C=O) groups excluding carboxylic acids is 3. The summed E-state index contributed by atoms with van der Waals surface area (Å²) in [5, 5.41) is 1.84. The number of hydrogen-bond donors (Lipinski definition) is 1. The zero-order valence-corrected chi connectivity index (χ0v) is 18.9. The summed E-state index contributed by atoms with van der Waals surface area (Å²) in [6, 6.07) is 7.09. The zero-order chi connectivity index (χ0) is 23.4. The summed E-state index contributed by atoms with van der Waals surface area (Å²) in [5.74, 6) is 0.868. The van der Waals surface area contributed by atoms with E-state index >= 15 is 0 Å². The Bertz CT molecular complexity index is 1110. The van der Waals surface area contributed by atoms with E-state index in [0.717, 1.165) is 11.8 Å². The number of hydrogen-bond acceptors (Lipinski definition) is 9. The molecule has 2 aliphatic heterocycles. The largest absolute Gasteiger partial charge is 0.474 e. The summed E-state index contributed by atoms with van der Waals surface area (Å²) in [7, 11) is 1.37. The molecule has 2 aliphatic rings. The summed E-state index contributed by atoms with van der Waals surface area (Å²) in [4.78, 5) is 45.2. The minimum absolute atomic E-state index is 0.0833. The lowest BCUT2D eigenvalue weighted by molar-refractivity contribution is -0.115. The van der Waals surface area contributed by atoms with Gasteiger partial charge in [0.15, 0.2) is 0 Å². The average molecular weight is 471 g/mol. The Labute approximate surface area is 194 Å². The van der Waals surface area contributed by atoms with Crippen LogP contribution in [0.3, 0.4) is 0 Å². The van der Waals surface area contributed by atoms with Crippen molar-refractivity contribution < 1.29 is 28.6 Å². The monoisotopic (exact) mass is 470 g/mol. The van der Waals surface area contributed by atoms with Crippen molar-refractivity contribution in [2.75, 3.05) is 20.2 Å². The summed E-state index contributed by atoms with van der Waals surface area (Å²) in [6.07, 6.45) is 3.91. The number of aromatic nitrogens is 2. The van der Waals surface area contributed by atoms with Gasteiger partial charge in [0.2, 0.25) is 11.8 Å². The number of methoxy groups -OCH3 is 1. The van der Waals surface area contributed by atoms with E-state index in [4.69, 9.17) is 14.2 Å². The highest BCUT2D eigenvalue weighted by atomic mass is 32.2. The van der Waals surface area contributed by atoms with Gasteiger partial charge in [-0.3, -0.25) is 14.9 Å². The Morgan fingerprint density at radius 2 is 1.97 bits per heavy atom. The van der Waals surface area contributed by atoms with Gasteiger partial charge in [-0.2, -0.15) is 0 Å². The van der Waals surface area contributed by atoms with Crippen LogP contribution < -0.4 is 14.8 Å². The summed E-state index contributed by atoms with van der Waals surface area (Å²) in [5.41, 5.74) is 1.35. The fourth-order valence-electron chi connectivity index (χ4n) is 3.44. The smallest absolute Gasteiger partial charge is 0.409 e. The van der Waals surface area contributed by atoms with Gasteiger partial charge in [-0.05, 0) is 42.5 Å². The van der Waals surface area contributed by atoms with Crippen molar-refractivity contribution in [3.05, 3.63) is 46.6 Å². The Balaban J connectivity index is 1.43. The molecule has 3 amide bonds. The normalized spacial score (nSPS) is 17.8. The van der Waals surface area contributed by atoms with Crippen molar-refractivity contribution in [3.8, 4) is 17.5 Å². The van der Waals surface area contributed by atoms with Crippen molar-refractivity contribution in [2.24, 2.45) is 0 Å². The maximum absolute atomic E-state index is 11.8. The molecule has 172 valence electrons. The van der Waals surface area contributed by atoms with Crippen molar-refractivity contribution in [2.45, 2.75) is 25.9 Å². The Kier molecular flexibility index (Phi) is 6.78. The van der Waals surface area contributed by atoms with Crippen LogP contribution in [0.2, 0.25) is 0 Å². The van der Waals surface area contributed by atoms with Gasteiger partial charge in [0.25, 0.3) is 11.1 Å². The topological polar surface area (TPSA) is 120 Å². The van der Waals surface area contributed by atoms with Crippen LogP contribution in [0.1, 0.15) is 24.0 Å².